The summed E-state index contributed by atoms with van der Waals surface area (Å²) in [5, 5.41) is 16.8. The van der Waals surface area contributed by atoms with Gasteiger partial charge in [-0.3, -0.25) is 0 Å². The van der Waals surface area contributed by atoms with Gasteiger partial charge in [0.2, 0.25) is 6.79 Å². The topological polar surface area (TPSA) is 72.0 Å². The van der Waals surface area contributed by atoms with Crippen LogP contribution < -0.4 is 20.1 Å². The maximum absolute atomic E-state index is 10.4. The maximum atomic E-state index is 10.4. The molecule has 1 atom stereocenters. The molecule has 2 heterocycles. The maximum Gasteiger partial charge on any atom is 0.231 e. The molecular weight excluding hydrogens is 260 g/mol. The highest BCUT2D eigenvalue weighted by atomic mass is 16.7. The van der Waals surface area contributed by atoms with Crippen molar-refractivity contribution in [2.75, 3.05) is 39.6 Å². The molecule has 0 radical (unpaired) electrons. The first kappa shape index (κ1) is 13.6. The largest absolute Gasteiger partial charge is 0.454 e. The van der Waals surface area contributed by atoms with Crippen LogP contribution in [0, 0.1) is 0 Å². The van der Waals surface area contributed by atoms with E-state index in [1.165, 1.54) is 0 Å². The van der Waals surface area contributed by atoms with E-state index in [2.05, 4.69) is 10.6 Å². The molecule has 1 fully saturated rings. The first-order chi connectivity index (χ1) is 9.75. The molecule has 110 valence electrons. The van der Waals surface area contributed by atoms with Gasteiger partial charge in [0.25, 0.3) is 0 Å². The van der Waals surface area contributed by atoms with Crippen molar-refractivity contribution in [3.8, 4) is 11.5 Å². The van der Waals surface area contributed by atoms with Crippen LogP contribution in [-0.4, -0.2) is 50.3 Å². The van der Waals surface area contributed by atoms with Crippen molar-refractivity contribution in [1.29, 1.82) is 0 Å². The molecule has 0 saturated carbocycles. The molecule has 0 bridgehead atoms. The third kappa shape index (κ3) is 3.21. The van der Waals surface area contributed by atoms with E-state index in [9.17, 15) is 5.11 Å². The molecule has 0 unspecified atom stereocenters. The smallest absolute Gasteiger partial charge is 0.231 e. The molecule has 0 aliphatic carbocycles. The number of nitrogens with one attached hydrogen (secondary N) is 2. The summed E-state index contributed by atoms with van der Waals surface area (Å²) in [6, 6.07) is 5.86. The van der Waals surface area contributed by atoms with Crippen molar-refractivity contribution in [2.45, 2.75) is 12.1 Å². The molecule has 6 nitrogen and oxygen atoms in total. The van der Waals surface area contributed by atoms with E-state index < -0.39 is 5.60 Å². The van der Waals surface area contributed by atoms with E-state index in [0.717, 1.165) is 23.6 Å². The van der Waals surface area contributed by atoms with Gasteiger partial charge in [-0.15, -0.1) is 0 Å². The van der Waals surface area contributed by atoms with Crippen LogP contribution >= 0.6 is 0 Å². The van der Waals surface area contributed by atoms with E-state index in [0.29, 0.717) is 32.8 Å². The van der Waals surface area contributed by atoms with Crippen LogP contribution in [0.2, 0.25) is 0 Å². The second-order valence-corrected chi connectivity index (χ2v) is 5.24. The summed E-state index contributed by atoms with van der Waals surface area (Å²) in [5.41, 5.74) is 0.243. The van der Waals surface area contributed by atoms with Gasteiger partial charge in [-0.2, -0.15) is 0 Å². The third-order valence-electron chi connectivity index (χ3n) is 3.47. The summed E-state index contributed by atoms with van der Waals surface area (Å²) >= 11 is 0. The standard InChI is InChI=1S/C14H20N2O4/c17-14(7-15-3-4-18-9-14)8-16-6-11-1-2-12-13(5-11)20-10-19-12/h1-2,5,15-17H,3-4,6-10H2/t14-/m1/s1. The van der Waals surface area contributed by atoms with E-state index >= 15 is 0 Å². The average molecular weight is 280 g/mol. The lowest BCUT2D eigenvalue weighted by Crippen LogP contribution is -2.50. The zero-order valence-electron chi connectivity index (χ0n) is 11.4. The normalized spacial score (nSPS) is 25.4. The Labute approximate surface area is 118 Å². The Morgan fingerprint density at radius 2 is 2.20 bits per heavy atom. The van der Waals surface area contributed by atoms with Crippen molar-refractivity contribution in [2.24, 2.45) is 0 Å². The fourth-order valence-electron chi connectivity index (χ4n) is 2.38. The van der Waals surface area contributed by atoms with Gasteiger partial charge in [-0.25, -0.2) is 0 Å². The van der Waals surface area contributed by atoms with Crippen molar-refractivity contribution in [3.05, 3.63) is 23.8 Å². The van der Waals surface area contributed by atoms with Crippen LogP contribution in [0.15, 0.2) is 18.2 Å². The van der Waals surface area contributed by atoms with Gasteiger partial charge in [-0.05, 0) is 17.7 Å². The molecule has 0 aromatic heterocycles. The predicted octanol–water partition coefficient (Wildman–Crippen LogP) is -0.144. The minimum Gasteiger partial charge on any atom is -0.454 e. The summed E-state index contributed by atoms with van der Waals surface area (Å²) in [6.07, 6.45) is 0. The number of hydrogen-bond donors (Lipinski definition) is 3. The Morgan fingerprint density at radius 1 is 1.30 bits per heavy atom. The molecule has 0 amide bonds. The quantitative estimate of drug-likeness (QED) is 0.713. The fraction of sp³-hybridized carbons (Fsp3) is 0.571. The highest BCUT2D eigenvalue weighted by Crippen LogP contribution is 2.32. The van der Waals surface area contributed by atoms with Crippen LogP contribution in [0.3, 0.4) is 0 Å². The van der Waals surface area contributed by atoms with E-state index in [-0.39, 0.29) is 6.79 Å². The Bertz CT molecular complexity index is 458. The SMILES string of the molecule is O[C@@]1(CNCc2ccc3c(c2)OCO3)CNCCOC1. The molecule has 20 heavy (non-hydrogen) atoms. The number of hydrogen-bond acceptors (Lipinski definition) is 6. The zero-order valence-corrected chi connectivity index (χ0v) is 11.4. The number of rotatable bonds is 4. The molecule has 3 rings (SSSR count). The number of aliphatic hydroxyl groups is 1. The Hall–Kier alpha value is -1.34. The van der Waals surface area contributed by atoms with Crippen LogP contribution in [0.25, 0.3) is 0 Å². The molecule has 2 aliphatic rings. The number of benzene rings is 1. The van der Waals surface area contributed by atoms with E-state index in [4.69, 9.17) is 14.2 Å². The summed E-state index contributed by atoms with van der Waals surface area (Å²) in [5.74, 6) is 1.57. The molecular formula is C14H20N2O4. The van der Waals surface area contributed by atoms with Gasteiger partial charge in [0.15, 0.2) is 11.5 Å². The Balaban J connectivity index is 1.52. The van der Waals surface area contributed by atoms with Gasteiger partial charge < -0.3 is 30.0 Å². The average Bonchev–Trinajstić information content (AvgIpc) is 2.80. The highest BCUT2D eigenvalue weighted by molar-refractivity contribution is 5.44. The third-order valence-corrected chi connectivity index (χ3v) is 3.47. The monoisotopic (exact) mass is 280 g/mol. The molecule has 1 aromatic carbocycles. The van der Waals surface area contributed by atoms with Gasteiger partial charge >= 0.3 is 0 Å². The number of ether oxygens (including phenoxy) is 3. The van der Waals surface area contributed by atoms with E-state index in [1.807, 2.05) is 18.2 Å². The van der Waals surface area contributed by atoms with Crippen molar-refractivity contribution in [3.63, 3.8) is 0 Å². The summed E-state index contributed by atoms with van der Waals surface area (Å²) in [4.78, 5) is 0. The van der Waals surface area contributed by atoms with Crippen molar-refractivity contribution < 1.29 is 19.3 Å². The number of β-amino-alcohol motifs (C(OH)–C–C–N with tert-alkyl or cyclic N) is 1. The van der Waals surface area contributed by atoms with Gasteiger partial charge in [0, 0.05) is 26.2 Å². The second kappa shape index (κ2) is 5.97. The Kier molecular flexibility index (Phi) is 4.07. The first-order valence-electron chi connectivity index (χ1n) is 6.85. The van der Waals surface area contributed by atoms with Crippen LogP contribution in [-0.2, 0) is 11.3 Å². The highest BCUT2D eigenvalue weighted by Gasteiger charge is 2.28. The van der Waals surface area contributed by atoms with Gasteiger partial charge in [0.05, 0.1) is 13.2 Å². The summed E-state index contributed by atoms with van der Waals surface area (Å²) < 4.78 is 16.0. The second-order valence-electron chi connectivity index (χ2n) is 5.24. The van der Waals surface area contributed by atoms with Crippen molar-refractivity contribution >= 4 is 0 Å². The van der Waals surface area contributed by atoms with Crippen molar-refractivity contribution in [1.82, 2.24) is 10.6 Å². The van der Waals surface area contributed by atoms with Gasteiger partial charge in [-0.1, -0.05) is 6.07 Å². The van der Waals surface area contributed by atoms with Crippen LogP contribution in [0.5, 0.6) is 11.5 Å². The number of fused-ring (bicyclic) bond motifs is 1. The zero-order chi connectivity index (χ0) is 13.8. The first-order valence-corrected chi connectivity index (χ1v) is 6.85. The predicted molar refractivity (Wildman–Crippen MR) is 72.9 cm³/mol. The minimum atomic E-state index is -0.854. The lowest BCUT2D eigenvalue weighted by Gasteiger charge is -2.26. The lowest BCUT2D eigenvalue weighted by atomic mass is 10.1. The minimum absolute atomic E-state index is 0.287. The van der Waals surface area contributed by atoms with E-state index in [1.54, 1.807) is 0 Å². The molecule has 6 heteroatoms. The lowest BCUT2D eigenvalue weighted by molar-refractivity contribution is -0.0264. The molecule has 3 N–H and O–H groups in total. The summed E-state index contributed by atoms with van der Waals surface area (Å²) in [6.45, 7) is 3.76. The summed E-state index contributed by atoms with van der Waals surface area (Å²) in [7, 11) is 0. The molecule has 0 spiro atoms. The Morgan fingerprint density at radius 3 is 3.15 bits per heavy atom. The molecule has 2 aliphatic heterocycles. The van der Waals surface area contributed by atoms with Gasteiger partial charge in [0.1, 0.15) is 5.60 Å². The molecule has 1 saturated heterocycles. The molecule has 1 aromatic rings. The van der Waals surface area contributed by atoms with Crippen LogP contribution in [0.1, 0.15) is 5.56 Å². The fourth-order valence-corrected chi connectivity index (χ4v) is 2.38. The van der Waals surface area contributed by atoms with Crippen LogP contribution in [0.4, 0.5) is 0 Å².